The van der Waals surface area contributed by atoms with E-state index in [-0.39, 0.29) is 5.41 Å². The molecular weight excluding hydrogens is 1720 g/mol. The molecular formula is C126H75N9O5. The molecule has 0 unspecified atom stereocenters. The maximum absolute atomic E-state index is 6.38. The van der Waals surface area contributed by atoms with Gasteiger partial charge >= 0.3 is 0 Å². The second-order valence-corrected chi connectivity index (χ2v) is 36.4. The Morgan fingerprint density at radius 2 is 0.443 bits per heavy atom. The molecule has 654 valence electrons. The van der Waals surface area contributed by atoms with Crippen molar-refractivity contribution in [2.75, 3.05) is 0 Å². The molecule has 0 saturated carbocycles. The van der Waals surface area contributed by atoms with Gasteiger partial charge in [0, 0.05) is 120 Å². The van der Waals surface area contributed by atoms with E-state index in [2.05, 4.69) is 257 Å². The fraction of sp³-hybridized carbons (Fsp3) is 0.0238. The summed E-state index contributed by atoms with van der Waals surface area (Å²) in [7, 11) is 0. The van der Waals surface area contributed by atoms with Crippen molar-refractivity contribution in [1.82, 2.24) is 44.9 Å². The second kappa shape index (κ2) is 31.7. The van der Waals surface area contributed by atoms with Gasteiger partial charge in [0.1, 0.15) is 55.8 Å². The van der Waals surface area contributed by atoms with Gasteiger partial charge in [-0.15, -0.1) is 0 Å². The number of hydrogen-bond donors (Lipinski definition) is 0. The quantitative estimate of drug-likeness (QED) is 0.124. The summed E-state index contributed by atoms with van der Waals surface area (Å²) in [6.07, 6.45) is 0. The highest BCUT2D eigenvalue weighted by molar-refractivity contribution is 6.30. The van der Waals surface area contributed by atoms with Gasteiger partial charge in [-0.3, -0.25) is 0 Å². The van der Waals surface area contributed by atoms with E-state index < -0.39 is 0 Å². The molecule has 0 atom stereocenters. The minimum atomic E-state index is -0.0620. The third-order valence-corrected chi connectivity index (χ3v) is 27.9. The van der Waals surface area contributed by atoms with Crippen LogP contribution in [0, 0.1) is 0 Å². The predicted molar refractivity (Wildman–Crippen MR) is 567 cm³/mol. The number of para-hydroxylation sites is 6. The van der Waals surface area contributed by atoms with Crippen LogP contribution in [0.4, 0.5) is 0 Å². The molecule has 14 heteroatoms. The van der Waals surface area contributed by atoms with Crippen LogP contribution in [-0.4, -0.2) is 44.9 Å². The number of hydrogen-bond acceptors (Lipinski definition) is 14. The molecule has 0 spiro atoms. The van der Waals surface area contributed by atoms with Gasteiger partial charge in [0.05, 0.1) is 5.56 Å². The summed E-state index contributed by atoms with van der Waals surface area (Å²) in [6.45, 7) is 4.60. The van der Waals surface area contributed by atoms with Crippen LogP contribution in [0.2, 0.25) is 0 Å². The maximum atomic E-state index is 6.38. The van der Waals surface area contributed by atoms with Gasteiger partial charge in [-0.1, -0.05) is 347 Å². The molecule has 0 aliphatic heterocycles. The monoisotopic (exact) mass is 1790 g/mol. The van der Waals surface area contributed by atoms with Gasteiger partial charge in [0.15, 0.2) is 52.4 Å². The summed E-state index contributed by atoms with van der Waals surface area (Å²) in [5, 5.41) is 24.8. The number of rotatable bonds is 9. The largest absolute Gasteiger partial charge is 0.456 e. The molecule has 29 aromatic rings. The summed E-state index contributed by atoms with van der Waals surface area (Å²) in [4.78, 5) is 45.4. The van der Waals surface area contributed by atoms with E-state index in [0.717, 1.165) is 187 Å². The second-order valence-electron chi connectivity index (χ2n) is 36.4. The van der Waals surface area contributed by atoms with E-state index in [4.69, 9.17) is 66.9 Å². The topological polar surface area (TPSA) is 182 Å². The lowest BCUT2D eigenvalue weighted by atomic mass is 9.82. The molecule has 0 saturated heterocycles. The lowest BCUT2D eigenvalue weighted by Gasteiger charge is -2.21. The molecule has 1 aliphatic rings. The Morgan fingerprint density at radius 3 is 0.879 bits per heavy atom. The van der Waals surface area contributed by atoms with Crippen molar-refractivity contribution in [1.29, 1.82) is 0 Å². The van der Waals surface area contributed by atoms with Crippen molar-refractivity contribution >= 4 is 174 Å². The van der Waals surface area contributed by atoms with Crippen molar-refractivity contribution in [3.63, 3.8) is 0 Å². The van der Waals surface area contributed by atoms with Crippen molar-refractivity contribution in [3.05, 3.63) is 430 Å². The fourth-order valence-electron chi connectivity index (χ4n) is 21.3. The summed E-state index contributed by atoms with van der Waals surface area (Å²) < 4.78 is 31.3. The predicted octanol–water partition coefficient (Wildman–Crippen LogP) is 33.3. The van der Waals surface area contributed by atoms with Crippen LogP contribution in [0.15, 0.2) is 441 Å². The van der Waals surface area contributed by atoms with Gasteiger partial charge in [-0.25, -0.2) is 44.9 Å². The summed E-state index contributed by atoms with van der Waals surface area (Å²) in [5.41, 5.74) is 22.0. The van der Waals surface area contributed by atoms with Crippen LogP contribution in [-0.2, 0) is 5.41 Å². The Balaban J connectivity index is 0.000000103. The van der Waals surface area contributed by atoms with Gasteiger partial charge < -0.3 is 22.1 Å². The zero-order chi connectivity index (χ0) is 92.4. The first-order valence-electron chi connectivity index (χ1n) is 46.9. The lowest BCUT2D eigenvalue weighted by Crippen LogP contribution is -2.14. The maximum Gasteiger partial charge on any atom is 0.167 e. The van der Waals surface area contributed by atoms with E-state index in [9.17, 15) is 0 Å². The Morgan fingerprint density at radius 1 is 0.157 bits per heavy atom. The van der Waals surface area contributed by atoms with E-state index in [1.807, 2.05) is 176 Å². The first-order chi connectivity index (χ1) is 69.1. The molecule has 0 fully saturated rings. The molecule has 0 amide bonds. The van der Waals surface area contributed by atoms with Crippen LogP contribution in [0.1, 0.15) is 25.0 Å². The van der Waals surface area contributed by atoms with Crippen LogP contribution in [0.5, 0.6) is 0 Å². The normalized spacial score (nSPS) is 12.4. The van der Waals surface area contributed by atoms with E-state index in [1.165, 1.54) is 60.0 Å². The molecule has 30 rings (SSSR count). The standard InChI is InChI=1S/C44H29N3O.2C41H23N3O2/c1-44(2)35-14-8-6-12-32(35)34-25-30(19-22-36(34)44)43-46-41(27-10-4-3-5-11-27)45-42(47-43)29-18-21-31-28(24-29)17-16-26-20-23-38-40(39(26)31)33-13-7-9-15-37(33)48-38;1-2-9-25(10-3-1)39-42-40(44-41(43-39)32-14-8-13-30-29-11-4-6-15-33(29)46-38(30)32)27-19-21-28-26(23-27)18-17-24-20-22-35-37(36(24)28)31-12-5-7-16-34(31)45-35;1-2-9-25(10-3-1)39-42-40(44-41(43-39)31-13-8-16-34-37(31)29-11-4-6-14-32(29)45-34)27-19-21-28-26(23-27)18-17-24-20-22-35-38(36(24)28)30-12-5-7-15-33(30)46-35/h3-25H,1-2H3;2*1-23H. The van der Waals surface area contributed by atoms with Crippen molar-refractivity contribution in [2.24, 2.45) is 0 Å². The van der Waals surface area contributed by atoms with E-state index >= 15 is 0 Å². The Labute approximate surface area is 798 Å². The zero-order valence-electron chi connectivity index (χ0n) is 75.4. The molecule has 14 nitrogen and oxygen atoms in total. The summed E-state index contributed by atoms with van der Waals surface area (Å²) in [6, 6.07) is 144. The van der Waals surface area contributed by atoms with E-state index in [0.29, 0.717) is 52.4 Å². The van der Waals surface area contributed by atoms with Gasteiger partial charge in [-0.2, -0.15) is 0 Å². The van der Waals surface area contributed by atoms with Crippen LogP contribution < -0.4 is 0 Å². The minimum Gasteiger partial charge on any atom is -0.456 e. The number of aromatic nitrogens is 9. The molecule has 0 bridgehead atoms. The molecule has 8 aromatic heterocycles. The third kappa shape index (κ3) is 13.1. The first kappa shape index (κ1) is 79.7. The SMILES string of the molecule is CC1(C)c2ccccc2-c2cc(-c3nc(-c4ccccc4)nc(-c4ccc5c(ccc6ccc7oc8ccccc8c7c65)c4)n3)ccc21.c1ccc(-c2nc(-c3ccc4c(ccc5ccc6oc7ccccc7c6c54)c3)nc(-c3cccc4c3oc3ccccc34)n2)cc1.c1ccc(-c2nc(-c3ccc4c(ccc5ccc6oc7ccccc7c6c54)c3)nc(-c3cccc4oc5ccccc5c34)n2)cc1. The average molecular weight is 1800 g/mol. The summed E-state index contributed by atoms with van der Waals surface area (Å²) in [5.74, 6) is 5.58. The van der Waals surface area contributed by atoms with Crippen LogP contribution in [0.25, 0.3) is 288 Å². The lowest BCUT2D eigenvalue weighted by molar-refractivity contribution is 0.660. The highest BCUT2D eigenvalue weighted by atomic mass is 16.3. The van der Waals surface area contributed by atoms with Crippen molar-refractivity contribution in [3.8, 4) is 114 Å². The van der Waals surface area contributed by atoms with Crippen LogP contribution in [0.3, 0.4) is 0 Å². The van der Waals surface area contributed by atoms with E-state index in [1.54, 1.807) is 0 Å². The molecule has 0 N–H and O–H groups in total. The minimum absolute atomic E-state index is 0.0620. The molecule has 140 heavy (non-hydrogen) atoms. The Bertz CT molecular complexity index is 10200. The number of furan rings is 5. The molecule has 21 aromatic carbocycles. The van der Waals surface area contributed by atoms with Gasteiger partial charge in [0.2, 0.25) is 0 Å². The van der Waals surface area contributed by atoms with Crippen molar-refractivity contribution in [2.45, 2.75) is 19.3 Å². The molecule has 0 radical (unpaired) electrons. The fourth-order valence-corrected chi connectivity index (χ4v) is 21.3. The highest BCUT2D eigenvalue weighted by Gasteiger charge is 2.36. The Kier molecular flexibility index (Phi) is 18.0. The third-order valence-electron chi connectivity index (χ3n) is 27.9. The van der Waals surface area contributed by atoms with Crippen LogP contribution >= 0.6 is 0 Å². The number of nitrogens with zero attached hydrogens (tertiary/aromatic N) is 9. The summed E-state index contributed by atoms with van der Waals surface area (Å²) >= 11 is 0. The zero-order valence-corrected chi connectivity index (χ0v) is 75.4. The van der Waals surface area contributed by atoms with Gasteiger partial charge in [0.25, 0.3) is 0 Å². The van der Waals surface area contributed by atoms with Crippen molar-refractivity contribution < 1.29 is 22.1 Å². The molecule has 1 aliphatic carbocycles. The average Bonchev–Trinajstić information content (AvgIpc) is 1.51. The van der Waals surface area contributed by atoms with Gasteiger partial charge in [-0.05, 0) is 156 Å². The first-order valence-corrected chi connectivity index (χ1v) is 46.9. The number of fused-ring (bicyclic) bond motifs is 30. The number of benzene rings is 21. The molecule has 8 heterocycles. The Hall–Kier alpha value is -18.8. The smallest absolute Gasteiger partial charge is 0.167 e. The highest BCUT2D eigenvalue weighted by Crippen LogP contribution is 2.51.